The Bertz CT molecular complexity index is 676. The topological polar surface area (TPSA) is 46.3 Å². The van der Waals surface area contributed by atoms with Crippen molar-refractivity contribution in [3.05, 3.63) is 65.2 Å². The molecular formula is C18H18N2O. The molecule has 0 atom stereocenters. The Morgan fingerprint density at radius 1 is 0.952 bits per heavy atom. The number of fused-ring (bicyclic) bond motifs is 1. The second-order valence-electron chi connectivity index (χ2n) is 6.13. The number of nitrogen functional groups attached to an aromatic ring is 1. The number of carbonyl (C=O) groups excluding carboxylic acids is 1. The van der Waals surface area contributed by atoms with Gasteiger partial charge < -0.3 is 10.6 Å². The molecule has 0 unspecified atom stereocenters. The molecule has 1 amide bonds. The maximum atomic E-state index is 13.0. The zero-order chi connectivity index (χ0) is 14.4. The van der Waals surface area contributed by atoms with E-state index < -0.39 is 0 Å². The summed E-state index contributed by atoms with van der Waals surface area (Å²) in [7, 11) is 0. The molecule has 3 heteroatoms. The van der Waals surface area contributed by atoms with Crippen LogP contribution in [0.25, 0.3) is 0 Å². The Balaban J connectivity index is 1.60. The van der Waals surface area contributed by atoms with Gasteiger partial charge in [-0.2, -0.15) is 0 Å². The molecule has 1 fully saturated rings. The van der Waals surface area contributed by atoms with Crippen LogP contribution in [0.5, 0.6) is 0 Å². The Morgan fingerprint density at radius 3 is 2.05 bits per heavy atom. The Kier molecular flexibility index (Phi) is 2.58. The number of nitrogens with two attached hydrogens (primary N) is 1. The molecule has 0 radical (unpaired) electrons. The summed E-state index contributed by atoms with van der Waals surface area (Å²) in [5, 5.41) is 0. The highest BCUT2D eigenvalue weighted by molar-refractivity contribution is 5.91. The lowest BCUT2D eigenvalue weighted by Crippen LogP contribution is -2.35. The van der Waals surface area contributed by atoms with Gasteiger partial charge in [-0.3, -0.25) is 4.79 Å². The smallest absolute Gasteiger partial charge is 0.233 e. The molecule has 21 heavy (non-hydrogen) atoms. The predicted octanol–water partition coefficient (Wildman–Crippen LogP) is 2.84. The number of benzene rings is 2. The van der Waals surface area contributed by atoms with E-state index in [9.17, 15) is 4.79 Å². The lowest BCUT2D eigenvalue weighted by molar-refractivity contribution is -0.134. The van der Waals surface area contributed by atoms with E-state index in [2.05, 4.69) is 12.1 Å². The summed E-state index contributed by atoms with van der Waals surface area (Å²) < 4.78 is 0. The van der Waals surface area contributed by atoms with E-state index in [0.29, 0.717) is 0 Å². The van der Waals surface area contributed by atoms with E-state index in [-0.39, 0.29) is 11.3 Å². The van der Waals surface area contributed by atoms with Crippen molar-refractivity contribution in [3.8, 4) is 0 Å². The average molecular weight is 278 g/mol. The van der Waals surface area contributed by atoms with E-state index >= 15 is 0 Å². The van der Waals surface area contributed by atoms with E-state index in [1.807, 2.05) is 41.3 Å². The molecule has 1 aliphatic carbocycles. The van der Waals surface area contributed by atoms with Crippen molar-refractivity contribution in [2.75, 3.05) is 5.73 Å². The molecule has 0 spiro atoms. The maximum Gasteiger partial charge on any atom is 0.233 e. The SMILES string of the molecule is Nc1ccc(C2(C(=O)N3Cc4ccccc4C3)CC2)cc1. The van der Waals surface area contributed by atoms with Gasteiger partial charge in [-0.25, -0.2) is 0 Å². The monoisotopic (exact) mass is 278 g/mol. The van der Waals surface area contributed by atoms with Crippen LogP contribution in [0.4, 0.5) is 5.69 Å². The van der Waals surface area contributed by atoms with Gasteiger partial charge in [0.05, 0.1) is 5.41 Å². The highest BCUT2D eigenvalue weighted by atomic mass is 16.2. The first-order chi connectivity index (χ1) is 10.2. The highest BCUT2D eigenvalue weighted by Crippen LogP contribution is 2.50. The normalized spacial score (nSPS) is 18.4. The van der Waals surface area contributed by atoms with E-state index in [0.717, 1.165) is 37.2 Å². The first-order valence-corrected chi connectivity index (χ1v) is 7.41. The number of nitrogens with zero attached hydrogens (tertiary/aromatic N) is 1. The predicted molar refractivity (Wildman–Crippen MR) is 82.5 cm³/mol. The van der Waals surface area contributed by atoms with Crippen LogP contribution in [0, 0.1) is 0 Å². The first-order valence-electron chi connectivity index (χ1n) is 7.41. The summed E-state index contributed by atoms with van der Waals surface area (Å²) in [5.74, 6) is 0.267. The molecule has 2 aromatic rings. The van der Waals surface area contributed by atoms with Crippen molar-refractivity contribution in [2.24, 2.45) is 0 Å². The van der Waals surface area contributed by atoms with E-state index in [1.54, 1.807) is 0 Å². The quantitative estimate of drug-likeness (QED) is 0.859. The zero-order valence-electron chi connectivity index (χ0n) is 11.9. The van der Waals surface area contributed by atoms with Gasteiger partial charge in [0.2, 0.25) is 5.91 Å². The minimum absolute atomic E-state index is 0.267. The van der Waals surface area contributed by atoms with Crippen LogP contribution in [0.3, 0.4) is 0 Å². The van der Waals surface area contributed by atoms with Gasteiger partial charge in [0.1, 0.15) is 0 Å². The number of hydrogen-bond donors (Lipinski definition) is 1. The Morgan fingerprint density at radius 2 is 1.52 bits per heavy atom. The third-order valence-corrected chi connectivity index (χ3v) is 4.75. The highest BCUT2D eigenvalue weighted by Gasteiger charge is 2.53. The van der Waals surface area contributed by atoms with Crippen molar-refractivity contribution < 1.29 is 4.79 Å². The van der Waals surface area contributed by atoms with Gasteiger partial charge in [0, 0.05) is 18.8 Å². The minimum Gasteiger partial charge on any atom is -0.399 e. The molecule has 4 rings (SSSR count). The lowest BCUT2D eigenvalue weighted by Gasteiger charge is -2.23. The Hall–Kier alpha value is -2.29. The van der Waals surface area contributed by atoms with Crippen LogP contribution in [0.15, 0.2) is 48.5 Å². The number of carbonyl (C=O) groups is 1. The average Bonchev–Trinajstić information content (AvgIpc) is 3.19. The first kappa shape index (κ1) is 12.5. The van der Waals surface area contributed by atoms with Crippen molar-refractivity contribution in [1.29, 1.82) is 0 Å². The molecule has 106 valence electrons. The molecule has 1 heterocycles. The fraction of sp³-hybridized carbons (Fsp3) is 0.278. The van der Waals surface area contributed by atoms with E-state index in [4.69, 9.17) is 5.73 Å². The van der Waals surface area contributed by atoms with Crippen LogP contribution in [0.1, 0.15) is 29.5 Å². The minimum atomic E-state index is -0.296. The van der Waals surface area contributed by atoms with E-state index in [1.165, 1.54) is 11.1 Å². The Labute approximate surface area is 124 Å². The summed E-state index contributed by atoms with van der Waals surface area (Å²) in [6, 6.07) is 16.1. The molecule has 0 aromatic heterocycles. The van der Waals surface area contributed by atoms with Gasteiger partial charge in [-0.15, -0.1) is 0 Å². The van der Waals surface area contributed by atoms with Crippen LogP contribution in [0.2, 0.25) is 0 Å². The molecule has 0 bridgehead atoms. The van der Waals surface area contributed by atoms with Gasteiger partial charge in [0.15, 0.2) is 0 Å². The fourth-order valence-corrected chi connectivity index (χ4v) is 3.33. The third kappa shape index (κ3) is 1.92. The maximum absolute atomic E-state index is 13.0. The zero-order valence-corrected chi connectivity index (χ0v) is 11.9. The molecule has 3 nitrogen and oxygen atoms in total. The summed E-state index contributed by atoms with van der Waals surface area (Å²) in [4.78, 5) is 15.0. The van der Waals surface area contributed by atoms with Crippen molar-refractivity contribution in [2.45, 2.75) is 31.3 Å². The van der Waals surface area contributed by atoms with Crippen LogP contribution >= 0.6 is 0 Å². The number of anilines is 1. The van der Waals surface area contributed by atoms with Crippen LogP contribution < -0.4 is 5.73 Å². The van der Waals surface area contributed by atoms with Crippen LogP contribution in [-0.4, -0.2) is 10.8 Å². The van der Waals surface area contributed by atoms with Gasteiger partial charge in [0.25, 0.3) is 0 Å². The molecule has 2 N–H and O–H groups in total. The summed E-state index contributed by atoms with van der Waals surface area (Å²) >= 11 is 0. The standard InChI is InChI=1S/C18H18N2O/c19-16-7-5-15(6-8-16)18(9-10-18)17(21)20-11-13-3-1-2-4-14(13)12-20/h1-8H,9-12,19H2. The number of rotatable bonds is 2. The van der Waals surface area contributed by atoms with Crippen molar-refractivity contribution >= 4 is 11.6 Å². The summed E-state index contributed by atoms with van der Waals surface area (Å²) in [6.07, 6.45) is 1.89. The number of amides is 1. The molecule has 1 saturated carbocycles. The largest absolute Gasteiger partial charge is 0.399 e. The van der Waals surface area contributed by atoms with Crippen molar-refractivity contribution in [3.63, 3.8) is 0 Å². The molecular weight excluding hydrogens is 260 g/mol. The molecule has 1 aliphatic heterocycles. The molecule has 2 aliphatic rings. The second kappa shape index (κ2) is 4.35. The molecule has 2 aromatic carbocycles. The third-order valence-electron chi connectivity index (χ3n) is 4.75. The summed E-state index contributed by atoms with van der Waals surface area (Å²) in [5.41, 5.74) is 9.86. The summed E-state index contributed by atoms with van der Waals surface area (Å²) in [6.45, 7) is 1.48. The van der Waals surface area contributed by atoms with Crippen LogP contribution in [-0.2, 0) is 23.3 Å². The van der Waals surface area contributed by atoms with Gasteiger partial charge in [-0.05, 0) is 41.7 Å². The van der Waals surface area contributed by atoms with Crippen molar-refractivity contribution in [1.82, 2.24) is 4.90 Å². The fourth-order valence-electron chi connectivity index (χ4n) is 3.33. The number of hydrogen-bond acceptors (Lipinski definition) is 2. The lowest BCUT2D eigenvalue weighted by atomic mass is 9.94. The van der Waals surface area contributed by atoms with Gasteiger partial charge in [-0.1, -0.05) is 36.4 Å². The second-order valence-corrected chi connectivity index (χ2v) is 6.13. The molecule has 0 saturated heterocycles. The van der Waals surface area contributed by atoms with Gasteiger partial charge >= 0.3 is 0 Å².